The monoisotopic (exact) mass is 551 g/mol. The van der Waals surface area contributed by atoms with Crippen LogP contribution in [0.1, 0.15) is 17.0 Å². The third kappa shape index (κ3) is 3.73. The predicted octanol–water partition coefficient (Wildman–Crippen LogP) is 6.63. The lowest BCUT2D eigenvalue weighted by Gasteiger charge is -2.15. The van der Waals surface area contributed by atoms with Crippen LogP contribution in [0.2, 0.25) is 10.0 Å². The van der Waals surface area contributed by atoms with Gasteiger partial charge < -0.3 is 4.74 Å². The number of hydrogen-bond acceptors (Lipinski definition) is 5. The van der Waals surface area contributed by atoms with Crippen LogP contribution in [0.25, 0.3) is 22.2 Å². The molecule has 9 heteroatoms. The van der Waals surface area contributed by atoms with E-state index in [1.807, 2.05) is 73.7 Å². The third-order valence-corrected chi connectivity index (χ3v) is 7.43. The Morgan fingerprint density at radius 1 is 0.821 bits per heavy atom. The maximum absolute atomic E-state index is 14.1. The maximum Gasteiger partial charge on any atom is 0.281 e. The van der Waals surface area contributed by atoms with Gasteiger partial charge >= 0.3 is 0 Å². The molecule has 4 heterocycles. The molecule has 0 atom stereocenters. The van der Waals surface area contributed by atoms with Crippen molar-refractivity contribution in [2.75, 3.05) is 11.6 Å². The van der Waals surface area contributed by atoms with E-state index in [9.17, 15) is 4.79 Å². The molecule has 7 rings (SSSR count). The number of carbonyl (C=O) groups is 1. The van der Waals surface area contributed by atoms with E-state index in [2.05, 4.69) is 5.10 Å². The van der Waals surface area contributed by atoms with Crippen molar-refractivity contribution < 1.29 is 9.53 Å². The Balaban J connectivity index is 1.51. The van der Waals surface area contributed by atoms with E-state index in [0.717, 1.165) is 10.9 Å². The quantitative estimate of drug-likeness (QED) is 0.252. The molecule has 0 N–H and O–H groups in total. The fourth-order valence-electron chi connectivity index (χ4n) is 5.02. The molecule has 0 fully saturated rings. The number of hydrazone groups is 1. The lowest BCUT2D eigenvalue weighted by molar-refractivity contribution is -0.114. The van der Waals surface area contributed by atoms with Crippen LogP contribution in [-0.4, -0.2) is 33.0 Å². The van der Waals surface area contributed by atoms with Gasteiger partial charge in [0.15, 0.2) is 0 Å². The van der Waals surface area contributed by atoms with E-state index in [1.54, 1.807) is 22.9 Å². The first-order valence-corrected chi connectivity index (χ1v) is 13.0. The van der Waals surface area contributed by atoms with Crippen LogP contribution in [0.3, 0.4) is 0 Å². The van der Waals surface area contributed by atoms with Gasteiger partial charge in [-0.05, 0) is 43.3 Å². The SMILES string of the molecule is Cc1nn(-c2ccccc2Cl)c2c1C(c1ccc3ccccc3n1)=C1C(=O)N(c3ccccc3Cl)N=C1CO2. The Bertz CT molecular complexity index is 1890. The van der Waals surface area contributed by atoms with Gasteiger partial charge in [0.1, 0.15) is 12.3 Å². The number of benzene rings is 3. The van der Waals surface area contributed by atoms with Gasteiger partial charge in [0.25, 0.3) is 5.91 Å². The predicted molar refractivity (Wildman–Crippen MR) is 153 cm³/mol. The Morgan fingerprint density at radius 2 is 1.51 bits per heavy atom. The van der Waals surface area contributed by atoms with Gasteiger partial charge in [-0.25, -0.2) is 4.98 Å². The number of hydrogen-bond donors (Lipinski definition) is 0. The molecule has 7 nitrogen and oxygen atoms in total. The fourth-order valence-corrected chi connectivity index (χ4v) is 5.45. The van der Waals surface area contributed by atoms with Gasteiger partial charge in [0.2, 0.25) is 5.88 Å². The molecule has 0 radical (unpaired) electrons. The number of fused-ring (bicyclic) bond motifs is 3. The second-order valence-corrected chi connectivity index (χ2v) is 9.99. The summed E-state index contributed by atoms with van der Waals surface area (Å²) in [5.41, 5.74) is 5.37. The van der Waals surface area contributed by atoms with Crippen LogP contribution in [-0.2, 0) is 4.79 Å². The van der Waals surface area contributed by atoms with Crippen LogP contribution in [0, 0.1) is 6.92 Å². The van der Waals surface area contributed by atoms with Crippen LogP contribution >= 0.6 is 23.2 Å². The summed E-state index contributed by atoms with van der Waals surface area (Å²) in [6.45, 7) is 1.92. The molecule has 2 aliphatic heterocycles. The second-order valence-electron chi connectivity index (χ2n) is 9.17. The molecule has 5 aromatic rings. The first-order valence-electron chi connectivity index (χ1n) is 12.3. The number of halogens is 2. The van der Waals surface area contributed by atoms with E-state index < -0.39 is 0 Å². The molecule has 2 aliphatic rings. The van der Waals surface area contributed by atoms with Gasteiger partial charge in [-0.1, -0.05) is 71.7 Å². The summed E-state index contributed by atoms with van der Waals surface area (Å²) in [6.07, 6.45) is 0. The number of ether oxygens (including phenoxy) is 1. The molecule has 0 aliphatic carbocycles. The van der Waals surface area contributed by atoms with Crippen molar-refractivity contribution in [1.29, 1.82) is 0 Å². The number of carbonyl (C=O) groups excluding carboxylic acids is 1. The Kier molecular flexibility index (Phi) is 5.50. The molecular formula is C30H19Cl2N5O2. The summed E-state index contributed by atoms with van der Waals surface area (Å²) in [5.74, 6) is 0.150. The normalized spacial score (nSPS) is 14.7. The van der Waals surface area contributed by atoms with Gasteiger partial charge in [0, 0.05) is 11.0 Å². The third-order valence-electron chi connectivity index (χ3n) is 6.80. The highest BCUT2D eigenvalue weighted by atomic mass is 35.5. The first-order chi connectivity index (χ1) is 19.0. The summed E-state index contributed by atoms with van der Waals surface area (Å²) in [6, 6.07) is 26.3. The molecule has 39 heavy (non-hydrogen) atoms. The average molecular weight is 552 g/mol. The van der Waals surface area contributed by atoms with Gasteiger partial charge in [-0.15, -0.1) is 0 Å². The number of aryl methyl sites for hydroxylation is 1. The first kappa shape index (κ1) is 23.6. The average Bonchev–Trinajstić information content (AvgIpc) is 3.37. The molecular weight excluding hydrogens is 533 g/mol. The highest BCUT2D eigenvalue weighted by Crippen LogP contribution is 2.43. The minimum atomic E-state index is -0.315. The standard InChI is InChI=1S/C30H19Cl2N5O2/c1-17-26-27(22-15-14-18-8-2-5-11-21(18)33-22)28-23(35-36(29(28)38)24-12-6-3-9-19(24)31)16-39-30(26)37(34-17)25-13-7-4-10-20(25)32/h2-15H,16H2,1H3. The van der Waals surface area contributed by atoms with E-state index in [-0.39, 0.29) is 12.5 Å². The highest BCUT2D eigenvalue weighted by Gasteiger charge is 2.40. The van der Waals surface area contributed by atoms with Crippen LogP contribution in [0.15, 0.2) is 95.6 Å². The Morgan fingerprint density at radius 3 is 2.28 bits per heavy atom. The van der Waals surface area contributed by atoms with Crippen molar-refractivity contribution in [2.45, 2.75) is 6.92 Å². The summed E-state index contributed by atoms with van der Waals surface area (Å²) < 4.78 is 8.03. The number of anilines is 1. The lowest BCUT2D eigenvalue weighted by atomic mass is 9.94. The van der Waals surface area contributed by atoms with Crippen molar-refractivity contribution in [3.8, 4) is 11.6 Å². The Hall–Kier alpha value is -4.46. The molecule has 3 aromatic carbocycles. The van der Waals surface area contributed by atoms with Crippen LogP contribution < -0.4 is 9.75 Å². The van der Waals surface area contributed by atoms with Crippen molar-refractivity contribution >= 4 is 57.0 Å². The molecule has 2 aromatic heterocycles. The van der Waals surface area contributed by atoms with Crippen LogP contribution in [0.5, 0.6) is 5.88 Å². The second kappa shape index (κ2) is 9.08. The number of nitrogens with zero attached hydrogens (tertiary/aromatic N) is 5. The van der Waals surface area contributed by atoms with E-state index in [0.29, 0.717) is 61.1 Å². The van der Waals surface area contributed by atoms with Crippen LogP contribution in [0.4, 0.5) is 5.69 Å². The van der Waals surface area contributed by atoms with E-state index in [1.165, 1.54) is 5.01 Å². The van der Waals surface area contributed by atoms with E-state index in [4.69, 9.17) is 38.0 Å². The lowest BCUT2D eigenvalue weighted by Crippen LogP contribution is -2.23. The molecule has 0 saturated carbocycles. The minimum Gasteiger partial charge on any atom is -0.471 e. The Labute approximate surface area is 233 Å². The maximum atomic E-state index is 14.1. The highest BCUT2D eigenvalue weighted by molar-refractivity contribution is 6.39. The summed E-state index contributed by atoms with van der Waals surface area (Å²) >= 11 is 13.0. The number of amides is 1. The van der Waals surface area contributed by atoms with E-state index >= 15 is 0 Å². The fraction of sp³-hybridized carbons (Fsp3) is 0.0667. The van der Waals surface area contributed by atoms with Gasteiger partial charge in [-0.2, -0.15) is 19.9 Å². The zero-order valence-electron chi connectivity index (χ0n) is 20.6. The molecule has 190 valence electrons. The van der Waals surface area contributed by atoms with Crippen molar-refractivity contribution in [3.05, 3.63) is 117 Å². The van der Waals surface area contributed by atoms with Gasteiger partial charge in [0.05, 0.1) is 49.5 Å². The molecule has 0 unspecified atom stereocenters. The van der Waals surface area contributed by atoms with Crippen molar-refractivity contribution in [3.63, 3.8) is 0 Å². The number of pyridine rings is 1. The van der Waals surface area contributed by atoms with Gasteiger partial charge in [-0.3, -0.25) is 4.79 Å². The molecule has 0 bridgehead atoms. The minimum absolute atomic E-state index is 0.0433. The summed E-state index contributed by atoms with van der Waals surface area (Å²) in [5, 5.41) is 12.7. The summed E-state index contributed by atoms with van der Waals surface area (Å²) in [7, 11) is 0. The zero-order valence-corrected chi connectivity index (χ0v) is 22.1. The number of para-hydroxylation sites is 3. The number of aromatic nitrogens is 3. The largest absolute Gasteiger partial charge is 0.471 e. The zero-order chi connectivity index (χ0) is 26.7. The smallest absolute Gasteiger partial charge is 0.281 e. The molecule has 0 saturated heterocycles. The topological polar surface area (TPSA) is 72.6 Å². The van der Waals surface area contributed by atoms with Crippen molar-refractivity contribution in [2.24, 2.45) is 5.10 Å². The number of rotatable bonds is 3. The molecule has 0 spiro atoms. The molecule has 1 amide bonds. The van der Waals surface area contributed by atoms with Crippen molar-refractivity contribution in [1.82, 2.24) is 14.8 Å². The summed E-state index contributed by atoms with van der Waals surface area (Å²) in [4.78, 5) is 19.1.